The van der Waals surface area contributed by atoms with E-state index < -0.39 is 0 Å². The molecule has 1 unspecified atom stereocenters. The number of thiazole rings is 1. The highest BCUT2D eigenvalue weighted by molar-refractivity contribution is 7.16. The van der Waals surface area contributed by atoms with Gasteiger partial charge in [-0.2, -0.15) is 10.4 Å². The van der Waals surface area contributed by atoms with Crippen molar-refractivity contribution < 1.29 is 0 Å². The van der Waals surface area contributed by atoms with Crippen molar-refractivity contribution >= 4 is 38.4 Å². The van der Waals surface area contributed by atoms with E-state index in [1.54, 1.807) is 36.0 Å². The summed E-state index contributed by atoms with van der Waals surface area (Å²) in [5.41, 5.74) is 2.76. The number of nitrogens with zero attached hydrogens (tertiary/aromatic N) is 7. The third-order valence-electron chi connectivity index (χ3n) is 4.94. The van der Waals surface area contributed by atoms with Crippen molar-refractivity contribution in [2.45, 2.75) is 19.4 Å². The highest BCUT2D eigenvalue weighted by atomic mass is 32.1. The maximum Gasteiger partial charge on any atom is 0.268 e. The maximum absolute atomic E-state index is 13.5. The van der Waals surface area contributed by atoms with Crippen LogP contribution in [0.3, 0.4) is 0 Å². The van der Waals surface area contributed by atoms with Crippen LogP contribution in [0.15, 0.2) is 47.1 Å². The van der Waals surface area contributed by atoms with Gasteiger partial charge < -0.3 is 5.32 Å². The van der Waals surface area contributed by atoms with Gasteiger partial charge in [0, 0.05) is 6.07 Å². The average molecular weight is 429 g/mol. The van der Waals surface area contributed by atoms with Gasteiger partial charge in [-0.05, 0) is 18.6 Å². The first-order chi connectivity index (χ1) is 15.2. The average Bonchev–Trinajstić information content (AvgIpc) is 3.49. The Balaban J connectivity index is 1.74. The predicted molar refractivity (Wildman–Crippen MR) is 116 cm³/mol. The number of anilines is 1. The van der Waals surface area contributed by atoms with E-state index in [0.29, 0.717) is 34.9 Å². The van der Waals surface area contributed by atoms with Crippen LogP contribution in [0.1, 0.15) is 30.8 Å². The quantitative estimate of drug-likeness (QED) is 0.435. The molecule has 2 N–H and O–H groups in total. The van der Waals surface area contributed by atoms with Crippen LogP contribution in [-0.2, 0) is 0 Å². The van der Waals surface area contributed by atoms with Crippen LogP contribution in [0.25, 0.3) is 27.1 Å². The summed E-state index contributed by atoms with van der Waals surface area (Å²) in [6.45, 7) is 1.98. The Hall–Kier alpha value is -4.17. The Kier molecular flexibility index (Phi) is 4.61. The van der Waals surface area contributed by atoms with Gasteiger partial charge in [-0.1, -0.05) is 13.0 Å². The summed E-state index contributed by atoms with van der Waals surface area (Å²) in [6, 6.07) is 8.46. The Labute approximate surface area is 179 Å². The molecule has 10 nitrogen and oxygen atoms in total. The molecule has 1 atom stereocenters. The molecule has 4 heterocycles. The lowest BCUT2D eigenvalue weighted by atomic mass is 10.1. The summed E-state index contributed by atoms with van der Waals surface area (Å²) < 4.78 is 1.46. The SMILES string of the molecule is CCC(Nc1ncnc2scnc12)c1nc2cccc(C#N)c2c(=O)n1-c1ccn[nH]1. The van der Waals surface area contributed by atoms with Crippen LogP contribution < -0.4 is 10.9 Å². The van der Waals surface area contributed by atoms with Gasteiger partial charge in [0.05, 0.1) is 34.2 Å². The first-order valence-electron chi connectivity index (χ1n) is 9.47. The van der Waals surface area contributed by atoms with E-state index >= 15 is 0 Å². The summed E-state index contributed by atoms with van der Waals surface area (Å²) in [4.78, 5) is 32.0. The van der Waals surface area contributed by atoms with Gasteiger partial charge >= 0.3 is 0 Å². The van der Waals surface area contributed by atoms with Crippen molar-refractivity contribution in [3.05, 3.63) is 64.0 Å². The Morgan fingerprint density at radius 3 is 2.97 bits per heavy atom. The van der Waals surface area contributed by atoms with E-state index in [9.17, 15) is 10.1 Å². The molecule has 0 aliphatic carbocycles. The summed E-state index contributed by atoms with van der Waals surface area (Å²) >= 11 is 1.42. The minimum atomic E-state index is -0.369. The number of rotatable bonds is 5. The van der Waals surface area contributed by atoms with Crippen molar-refractivity contribution in [2.75, 3.05) is 5.32 Å². The van der Waals surface area contributed by atoms with Crippen molar-refractivity contribution in [1.29, 1.82) is 5.26 Å². The van der Waals surface area contributed by atoms with E-state index in [1.807, 2.05) is 6.92 Å². The van der Waals surface area contributed by atoms with Crippen LogP contribution in [0.4, 0.5) is 5.82 Å². The fourth-order valence-electron chi connectivity index (χ4n) is 3.49. The molecule has 0 spiro atoms. The molecule has 152 valence electrons. The molecule has 31 heavy (non-hydrogen) atoms. The zero-order valence-electron chi connectivity index (χ0n) is 16.3. The molecule has 5 rings (SSSR count). The molecule has 0 amide bonds. The van der Waals surface area contributed by atoms with Crippen LogP contribution in [0.5, 0.6) is 0 Å². The second-order valence-electron chi connectivity index (χ2n) is 6.70. The number of nitriles is 1. The first kappa shape index (κ1) is 18.8. The molecule has 0 aliphatic rings. The molecule has 11 heteroatoms. The lowest BCUT2D eigenvalue weighted by molar-refractivity contribution is 0.653. The number of hydrogen-bond donors (Lipinski definition) is 2. The lowest BCUT2D eigenvalue weighted by Gasteiger charge is -2.21. The van der Waals surface area contributed by atoms with Gasteiger partial charge in [0.2, 0.25) is 0 Å². The fraction of sp³-hybridized carbons (Fsp3) is 0.150. The smallest absolute Gasteiger partial charge is 0.268 e. The van der Waals surface area contributed by atoms with Crippen molar-refractivity contribution in [1.82, 2.24) is 34.7 Å². The van der Waals surface area contributed by atoms with Gasteiger partial charge in [-0.15, -0.1) is 11.3 Å². The molecule has 0 saturated heterocycles. The Morgan fingerprint density at radius 2 is 2.19 bits per heavy atom. The summed E-state index contributed by atoms with van der Waals surface area (Å²) in [5, 5.41) is 19.9. The van der Waals surface area contributed by atoms with Crippen molar-refractivity contribution in [2.24, 2.45) is 0 Å². The molecule has 0 aliphatic heterocycles. The Morgan fingerprint density at radius 1 is 1.29 bits per heavy atom. The van der Waals surface area contributed by atoms with Crippen molar-refractivity contribution in [3.8, 4) is 11.9 Å². The summed E-state index contributed by atoms with van der Waals surface area (Å²) in [6.07, 6.45) is 3.65. The second-order valence-corrected chi connectivity index (χ2v) is 7.53. The Bertz CT molecular complexity index is 1500. The molecule has 0 bridgehead atoms. The first-order valence-corrected chi connectivity index (χ1v) is 10.4. The molecular formula is C20H15N9OS. The van der Waals surface area contributed by atoms with Gasteiger partial charge in [0.15, 0.2) is 5.82 Å². The van der Waals surface area contributed by atoms with E-state index in [-0.39, 0.29) is 22.6 Å². The molecular weight excluding hydrogens is 414 g/mol. The minimum absolute atomic E-state index is 0.266. The molecule has 4 aromatic heterocycles. The van der Waals surface area contributed by atoms with E-state index in [2.05, 4.69) is 36.5 Å². The number of hydrogen-bond acceptors (Lipinski definition) is 9. The highest BCUT2D eigenvalue weighted by Crippen LogP contribution is 2.27. The fourth-order valence-corrected chi connectivity index (χ4v) is 4.12. The predicted octanol–water partition coefficient (Wildman–Crippen LogP) is 2.94. The lowest BCUT2D eigenvalue weighted by Crippen LogP contribution is -2.29. The zero-order chi connectivity index (χ0) is 21.4. The molecule has 1 aromatic carbocycles. The number of H-pyrrole nitrogens is 1. The minimum Gasteiger partial charge on any atom is -0.358 e. The zero-order valence-corrected chi connectivity index (χ0v) is 17.1. The largest absolute Gasteiger partial charge is 0.358 e. The van der Waals surface area contributed by atoms with Gasteiger partial charge in [0.1, 0.15) is 34.4 Å². The monoisotopic (exact) mass is 429 g/mol. The molecule has 0 radical (unpaired) electrons. The molecule has 0 fully saturated rings. The van der Waals surface area contributed by atoms with Crippen LogP contribution in [0.2, 0.25) is 0 Å². The van der Waals surface area contributed by atoms with Crippen LogP contribution in [-0.4, -0.2) is 34.7 Å². The normalized spacial score (nSPS) is 12.1. The van der Waals surface area contributed by atoms with Gasteiger partial charge in [-0.3, -0.25) is 9.89 Å². The van der Waals surface area contributed by atoms with Crippen LogP contribution in [0, 0.1) is 11.3 Å². The summed E-state index contributed by atoms with van der Waals surface area (Å²) in [7, 11) is 0. The highest BCUT2D eigenvalue weighted by Gasteiger charge is 2.23. The number of benzene rings is 1. The number of nitrogens with one attached hydrogen (secondary N) is 2. The summed E-state index contributed by atoms with van der Waals surface area (Å²) in [5.74, 6) is 1.50. The topological polar surface area (TPSA) is 138 Å². The third-order valence-corrected chi connectivity index (χ3v) is 5.67. The van der Waals surface area contributed by atoms with Crippen LogP contribution >= 0.6 is 11.3 Å². The maximum atomic E-state index is 13.5. The number of fused-ring (bicyclic) bond motifs is 2. The van der Waals surface area contributed by atoms with Crippen molar-refractivity contribution in [3.63, 3.8) is 0 Å². The van der Waals surface area contributed by atoms with E-state index in [1.165, 1.54) is 22.2 Å². The standard InChI is InChI=1S/C20H15N9OS/c1-2-12(26-17-16-19(23-9-22-17)31-10-24-16)18-27-13-5-3-4-11(8-21)15(13)20(30)29(18)14-6-7-25-28-14/h3-7,9-10,12H,2H2,1H3,(H,25,28)(H,22,23,26). The van der Waals surface area contributed by atoms with E-state index in [0.717, 1.165) is 4.83 Å². The number of aromatic nitrogens is 7. The van der Waals surface area contributed by atoms with E-state index in [4.69, 9.17) is 4.98 Å². The second kappa shape index (κ2) is 7.58. The number of aromatic amines is 1. The van der Waals surface area contributed by atoms with Gasteiger partial charge in [-0.25, -0.2) is 24.5 Å². The van der Waals surface area contributed by atoms with Gasteiger partial charge in [0.25, 0.3) is 5.56 Å². The third kappa shape index (κ3) is 3.10. The molecule has 0 saturated carbocycles. The molecule has 5 aromatic rings.